The third-order valence-corrected chi connectivity index (χ3v) is 10.9. The van der Waals surface area contributed by atoms with Crippen molar-refractivity contribution in [2.24, 2.45) is 17.8 Å². The van der Waals surface area contributed by atoms with Crippen molar-refractivity contribution in [2.45, 2.75) is 59.4 Å². The zero-order valence-corrected chi connectivity index (χ0v) is 20.2. The quantitative estimate of drug-likeness (QED) is 0.541. The molecule has 0 aliphatic rings. The Morgan fingerprint density at radius 3 is 1.62 bits per heavy atom. The molecule has 0 spiro atoms. The molecule has 0 aliphatic heterocycles. The summed E-state index contributed by atoms with van der Waals surface area (Å²) < 4.78 is 7.05. The fourth-order valence-corrected chi connectivity index (χ4v) is 9.33. The minimum Gasteiger partial charge on any atom is -0.407 e. The lowest BCUT2D eigenvalue weighted by molar-refractivity contribution is 0.189. The Balaban J connectivity index is 2.29. The molecule has 2 nitrogen and oxygen atoms in total. The molecule has 0 bridgehead atoms. The van der Waals surface area contributed by atoms with E-state index in [-0.39, 0.29) is 11.6 Å². The Bertz CT molecular complexity index is 669. The molecule has 29 heavy (non-hydrogen) atoms. The van der Waals surface area contributed by atoms with Crippen LogP contribution in [-0.2, 0) is 4.43 Å². The average Bonchev–Trinajstić information content (AvgIpc) is 2.68. The summed E-state index contributed by atoms with van der Waals surface area (Å²) in [7, 11) is -2.44. The van der Waals surface area contributed by atoms with Crippen LogP contribution < -0.4 is 10.4 Å². The van der Waals surface area contributed by atoms with Crippen LogP contribution in [0.4, 0.5) is 0 Å². The SMILES string of the molecule is C[C@H](C[C@H](C)CO)C[C@@H](C)CO[Si](c1ccccc1)(c1ccccc1)C(C)(C)C. The third kappa shape index (κ3) is 6.03. The van der Waals surface area contributed by atoms with Crippen LogP contribution in [0.3, 0.4) is 0 Å². The molecule has 160 valence electrons. The molecule has 2 aromatic carbocycles. The molecule has 0 radical (unpaired) electrons. The van der Waals surface area contributed by atoms with E-state index in [9.17, 15) is 5.11 Å². The normalized spacial score (nSPS) is 15.7. The Kier molecular flexibility index (Phi) is 8.68. The molecule has 0 unspecified atom stereocenters. The molecule has 0 amide bonds. The van der Waals surface area contributed by atoms with Gasteiger partial charge in [-0.2, -0.15) is 0 Å². The minimum absolute atomic E-state index is 0.0203. The summed E-state index contributed by atoms with van der Waals surface area (Å²) in [5.41, 5.74) is 0. The number of hydrogen-bond acceptors (Lipinski definition) is 2. The van der Waals surface area contributed by atoms with Gasteiger partial charge < -0.3 is 9.53 Å². The summed E-state index contributed by atoms with van der Waals surface area (Å²) in [5, 5.41) is 12.1. The highest BCUT2D eigenvalue weighted by atomic mass is 28.4. The molecular weight excluding hydrogens is 372 g/mol. The zero-order valence-electron chi connectivity index (χ0n) is 19.2. The molecule has 0 aliphatic carbocycles. The van der Waals surface area contributed by atoms with Gasteiger partial charge in [0.15, 0.2) is 0 Å². The molecule has 0 saturated carbocycles. The van der Waals surface area contributed by atoms with Crippen LogP contribution in [0.15, 0.2) is 60.7 Å². The van der Waals surface area contributed by atoms with Gasteiger partial charge in [0.05, 0.1) is 0 Å². The Morgan fingerprint density at radius 1 is 0.759 bits per heavy atom. The number of aliphatic hydroxyl groups is 1. The maximum atomic E-state index is 9.35. The van der Waals surface area contributed by atoms with Crippen molar-refractivity contribution in [1.82, 2.24) is 0 Å². The van der Waals surface area contributed by atoms with E-state index in [0.717, 1.165) is 19.4 Å². The van der Waals surface area contributed by atoms with Crippen LogP contribution in [0.2, 0.25) is 5.04 Å². The summed E-state index contributed by atoms with van der Waals surface area (Å²) in [6.07, 6.45) is 2.20. The third-order valence-electron chi connectivity index (χ3n) is 5.92. The van der Waals surface area contributed by atoms with E-state index in [4.69, 9.17) is 4.43 Å². The van der Waals surface area contributed by atoms with Gasteiger partial charge >= 0.3 is 0 Å². The highest BCUT2D eigenvalue weighted by Gasteiger charge is 2.50. The summed E-state index contributed by atoms with van der Waals surface area (Å²) in [5.74, 6) is 1.45. The van der Waals surface area contributed by atoms with E-state index in [1.54, 1.807) is 0 Å². The summed E-state index contributed by atoms with van der Waals surface area (Å²) >= 11 is 0. The van der Waals surface area contributed by atoms with Crippen molar-refractivity contribution >= 4 is 18.7 Å². The molecule has 0 saturated heterocycles. The first-order chi connectivity index (χ1) is 13.7. The second-order valence-corrected chi connectivity index (χ2v) is 14.2. The van der Waals surface area contributed by atoms with E-state index in [1.807, 2.05) is 0 Å². The molecule has 2 aromatic rings. The van der Waals surface area contributed by atoms with Gasteiger partial charge in [-0.3, -0.25) is 0 Å². The van der Waals surface area contributed by atoms with Crippen molar-refractivity contribution in [1.29, 1.82) is 0 Å². The number of rotatable bonds is 10. The summed E-state index contributed by atoms with van der Waals surface area (Å²) in [4.78, 5) is 0. The fourth-order valence-electron chi connectivity index (χ4n) is 4.64. The molecule has 3 heteroatoms. The Labute approximate surface area is 179 Å². The molecule has 3 atom stereocenters. The first-order valence-electron chi connectivity index (χ1n) is 11.1. The zero-order chi connectivity index (χ0) is 21.5. The first kappa shape index (κ1) is 23.9. The van der Waals surface area contributed by atoms with Gasteiger partial charge in [0.25, 0.3) is 8.32 Å². The van der Waals surface area contributed by atoms with Crippen molar-refractivity contribution in [3.63, 3.8) is 0 Å². The second-order valence-electron chi connectivity index (χ2n) is 9.94. The lowest BCUT2D eigenvalue weighted by atomic mass is 9.90. The van der Waals surface area contributed by atoms with Gasteiger partial charge in [-0.25, -0.2) is 0 Å². The smallest absolute Gasteiger partial charge is 0.261 e. The molecule has 0 aromatic heterocycles. The van der Waals surface area contributed by atoms with E-state index in [2.05, 4.69) is 102 Å². The van der Waals surface area contributed by atoms with Crippen LogP contribution >= 0.6 is 0 Å². The Morgan fingerprint density at radius 2 is 1.21 bits per heavy atom. The van der Waals surface area contributed by atoms with Crippen LogP contribution in [0.5, 0.6) is 0 Å². The van der Waals surface area contributed by atoms with Crippen LogP contribution in [0.25, 0.3) is 0 Å². The van der Waals surface area contributed by atoms with E-state index in [1.165, 1.54) is 10.4 Å². The first-order valence-corrected chi connectivity index (χ1v) is 13.0. The molecule has 2 rings (SSSR count). The largest absolute Gasteiger partial charge is 0.407 e. The predicted molar refractivity (Wildman–Crippen MR) is 127 cm³/mol. The van der Waals surface area contributed by atoms with Gasteiger partial charge in [-0.15, -0.1) is 0 Å². The summed E-state index contributed by atoms with van der Waals surface area (Å²) in [6, 6.07) is 21.7. The van der Waals surface area contributed by atoms with Gasteiger partial charge in [0.2, 0.25) is 0 Å². The van der Waals surface area contributed by atoms with Crippen molar-refractivity contribution in [3.05, 3.63) is 60.7 Å². The van der Waals surface area contributed by atoms with Gasteiger partial charge in [-0.05, 0) is 46.0 Å². The average molecular weight is 413 g/mol. The lowest BCUT2D eigenvalue weighted by Gasteiger charge is -2.43. The van der Waals surface area contributed by atoms with Gasteiger partial charge in [0, 0.05) is 13.2 Å². The minimum atomic E-state index is -2.44. The van der Waals surface area contributed by atoms with Crippen molar-refractivity contribution in [2.75, 3.05) is 13.2 Å². The van der Waals surface area contributed by atoms with Gasteiger partial charge in [0.1, 0.15) is 0 Å². The van der Waals surface area contributed by atoms with Crippen molar-refractivity contribution < 1.29 is 9.53 Å². The van der Waals surface area contributed by atoms with E-state index >= 15 is 0 Å². The summed E-state index contributed by atoms with van der Waals surface area (Å²) in [6.45, 7) is 14.8. The fraction of sp³-hybridized carbons (Fsp3) is 0.538. The monoisotopic (exact) mass is 412 g/mol. The van der Waals surface area contributed by atoms with Crippen LogP contribution in [-0.4, -0.2) is 26.6 Å². The number of hydrogen-bond donors (Lipinski definition) is 1. The topological polar surface area (TPSA) is 29.5 Å². The molecule has 0 heterocycles. The lowest BCUT2D eigenvalue weighted by Crippen LogP contribution is -2.66. The molecule has 1 N–H and O–H groups in total. The number of benzene rings is 2. The molecular formula is C26H40O2Si. The molecule has 0 fully saturated rings. The maximum absolute atomic E-state index is 9.35. The van der Waals surface area contributed by atoms with Crippen molar-refractivity contribution in [3.8, 4) is 0 Å². The Hall–Kier alpha value is -1.42. The van der Waals surface area contributed by atoms with Crippen LogP contribution in [0, 0.1) is 17.8 Å². The highest BCUT2D eigenvalue weighted by molar-refractivity contribution is 6.99. The predicted octanol–water partition coefficient (Wildman–Crippen LogP) is 5.24. The standard InChI is InChI=1S/C26H40O2Si/c1-21(17-22(2)19-27)18-23(3)20-28-29(26(4,5)6,24-13-9-7-10-14-24)25-15-11-8-12-16-25/h7-16,21-23,27H,17-20H2,1-6H3/t21-,22+,23-/m1/s1. The van der Waals surface area contributed by atoms with Gasteiger partial charge in [-0.1, -0.05) is 102 Å². The highest BCUT2D eigenvalue weighted by Crippen LogP contribution is 2.37. The maximum Gasteiger partial charge on any atom is 0.261 e. The number of aliphatic hydroxyl groups excluding tert-OH is 1. The van der Waals surface area contributed by atoms with E-state index in [0.29, 0.717) is 17.8 Å². The van der Waals surface area contributed by atoms with E-state index < -0.39 is 8.32 Å². The second kappa shape index (κ2) is 10.6. The van der Waals surface area contributed by atoms with Crippen LogP contribution in [0.1, 0.15) is 54.4 Å².